The van der Waals surface area contributed by atoms with Gasteiger partial charge in [0.2, 0.25) is 0 Å². The predicted molar refractivity (Wildman–Crippen MR) is 73.5 cm³/mol. The molecule has 17 heavy (non-hydrogen) atoms. The van der Waals surface area contributed by atoms with Crippen LogP contribution in [-0.2, 0) is 0 Å². The van der Waals surface area contributed by atoms with Crippen LogP contribution in [0.4, 0.5) is 0 Å². The number of aryl methyl sites for hydroxylation is 2. The standard InChI is InChI=1S/C13H24N2OS/c1-6-13(16,7-2)8-14-9(3)12-10(4)17-11(5)15-12/h9,14,16H,6-8H2,1-5H3. The molecule has 4 heteroatoms. The highest BCUT2D eigenvalue weighted by atomic mass is 32.1. The summed E-state index contributed by atoms with van der Waals surface area (Å²) < 4.78 is 0. The maximum atomic E-state index is 10.2. The van der Waals surface area contributed by atoms with E-state index >= 15 is 0 Å². The Labute approximate surface area is 108 Å². The highest BCUT2D eigenvalue weighted by molar-refractivity contribution is 7.11. The van der Waals surface area contributed by atoms with Crippen LogP contribution in [0.3, 0.4) is 0 Å². The van der Waals surface area contributed by atoms with Crippen molar-refractivity contribution in [3.63, 3.8) is 0 Å². The van der Waals surface area contributed by atoms with Gasteiger partial charge in [-0.2, -0.15) is 0 Å². The van der Waals surface area contributed by atoms with Crippen molar-refractivity contribution < 1.29 is 5.11 Å². The first kappa shape index (κ1) is 14.6. The molecule has 0 amide bonds. The van der Waals surface area contributed by atoms with Gasteiger partial charge in [-0.1, -0.05) is 13.8 Å². The lowest BCUT2D eigenvalue weighted by atomic mass is 9.97. The summed E-state index contributed by atoms with van der Waals surface area (Å²) in [5, 5.41) is 14.7. The second kappa shape index (κ2) is 5.94. The van der Waals surface area contributed by atoms with Gasteiger partial charge in [0, 0.05) is 17.5 Å². The summed E-state index contributed by atoms with van der Waals surface area (Å²) in [6.45, 7) is 10.9. The van der Waals surface area contributed by atoms with E-state index in [4.69, 9.17) is 0 Å². The van der Waals surface area contributed by atoms with Crippen LogP contribution in [0.25, 0.3) is 0 Å². The molecule has 0 saturated heterocycles. The van der Waals surface area contributed by atoms with Crippen molar-refractivity contribution >= 4 is 11.3 Å². The zero-order chi connectivity index (χ0) is 13.1. The molecule has 0 fully saturated rings. The Bertz CT molecular complexity index is 358. The van der Waals surface area contributed by atoms with Crippen LogP contribution in [0.15, 0.2) is 0 Å². The zero-order valence-corrected chi connectivity index (χ0v) is 12.3. The Morgan fingerprint density at radius 2 is 1.94 bits per heavy atom. The van der Waals surface area contributed by atoms with E-state index in [1.54, 1.807) is 11.3 Å². The van der Waals surface area contributed by atoms with Crippen molar-refractivity contribution in [3.8, 4) is 0 Å². The number of nitrogens with zero attached hydrogens (tertiary/aromatic N) is 1. The van der Waals surface area contributed by atoms with Crippen molar-refractivity contribution in [1.29, 1.82) is 0 Å². The molecule has 1 unspecified atom stereocenters. The van der Waals surface area contributed by atoms with Crippen molar-refractivity contribution in [1.82, 2.24) is 10.3 Å². The molecule has 0 aromatic carbocycles. The Kier molecular flexibility index (Phi) is 5.10. The molecular weight excluding hydrogens is 232 g/mol. The topological polar surface area (TPSA) is 45.1 Å². The maximum absolute atomic E-state index is 10.2. The number of thiazole rings is 1. The van der Waals surface area contributed by atoms with Gasteiger partial charge >= 0.3 is 0 Å². The Morgan fingerprint density at radius 1 is 1.35 bits per heavy atom. The third-order valence-electron chi connectivity index (χ3n) is 3.40. The van der Waals surface area contributed by atoms with Gasteiger partial charge in [-0.3, -0.25) is 0 Å². The van der Waals surface area contributed by atoms with Gasteiger partial charge < -0.3 is 10.4 Å². The van der Waals surface area contributed by atoms with Crippen LogP contribution < -0.4 is 5.32 Å². The molecule has 0 aliphatic rings. The van der Waals surface area contributed by atoms with Gasteiger partial charge in [0.1, 0.15) is 0 Å². The van der Waals surface area contributed by atoms with Crippen LogP contribution in [0.2, 0.25) is 0 Å². The summed E-state index contributed by atoms with van der Waals surface area (Å²) in [6, 6.07) is 0.199. The van der Waals surface area contributed by atoms with Crippen LogP contribution >= 0.6 is 11.3 Å². The molecule has 1 heterocycles. The molecule has 0 spiro atoms. The number of rotatable bonds is 6. The van der Waals surface area contributed by atoms with E-state index in [9.17, 15) is 5.11 Å². The molecule has 1 rings (SSSR count). The number of hydrogen-bond acceptors (Lipinski definition) is 4. The Hall–Kier alpha value is -0.450. The van der Waals surface area contributed by atoms with Gasteiger partial charge in [0.05, 0.1) is 16.3 Å². The van der Waals surface area contributed by atoms with Gasteiger partial charge in [0.15, 0.2) is 0 Å². The quantitative estimate of drug-likeness (QED) is 0.822. The fourth-order valence-electron chi connectivity index (χ4n) is 1.89. The van der Waals surface area contributed by atoms with E-state index in [0.717, 1.165) is 23.5 Å². The lowest BCUT2D eigenvalue weighted by Gasteiger charge is -2.27. The molecule has 1 aromatic rings. The lowest BCUT2D eigenvalue weighted by Crippen LogP contribution is -2.40. The minimum atomic E-state index is -0.590. The summed E-state index contributed by atoms with van der Waals surface area (Å²) in [5.41, 5.74) is 0.523. The maximum Gasteiger partial charge on any atom is 0.0900 e. The summed E-state index contributed by atoms with van der Waals surface area (Å²) in [5.74, 6) is 0. The van der Waals surface area contributed by atoms with Crippen molar-refractivity contribution in [2.24, 2.45) is 0 Å². The second-order valence-corrected chi connectivity index (χ2v) is 6.12. The molecule has 0 radical (unpaired) electrons. The molecule has 0 aliphatic carbocycles. The number of nitrogens with one attached hydrogen (secondary N) is 1. The van der Waals surface area contributed by atoms with E-state index in [2.05, 4.69) is 24.1 Å². The molecule has 0 bridgehead atoms. The highest BCUT2D eigenvalue weighted by Crippen LogP contribution is 2.23. The van der Waals surface area contributed by atoms with E-state index in [1.165, 1.54) is 4.88 Å². The smallest absolute Gasteiger partial charge is 0.0900 e. The van der Waals surface area contributed by atoms with Crippen LogP contribution in [0.1, 0.15) is 55.2 Å². The van der Waals surface area contributed by atoms with Gasteiger partial charge in [-0.05, 0) is 33.6 Å². The fourth-order valence-corrected chi connectivity index (χ4v) is 2.80. The summed E-state index contributed by atoms with van der Waals surface area (Å²) in [6.07, 6.45) is 1.55. The van der Waals surface area contributed by atoms with E-state index in [-0.39, 0.29) is 6.04 Å². The highest BCUT2D eigenvalue weighted by Gasteiger charge is 2.23. The van der Waals surface area contributed by atoms with Crippen LogP contribution in [-0.4, -0.2) is 22.2 Å². The molecular formula is C13H24N2OS. The average molecular weight is 256 g/mol. The first-order chi connectivity index (χ1) is 7.91. The normalized spacial score (nSPS) is 14.0. The van der Waals surface area contributed by atoms with Crippen LogP contribution in [0.5, 0.6) is 0 Å². The number of aromatic nitrogens is 1. The van der Waals surface area contributed by atoms with Crippen molar-refractivity contribution in [2.45, 2.75) is 59.1 Å². The monoisotopic (exact) mass is 256 g/mol. The van der Waals surface area contributed by atoms with E-state index < -0.39 is 5.60 Å². The zero-order valence-electron chi connectivity index (χ0n) is 11.5. The van der Waals surface area contributed by atoms with Crippen molar-refractivity contribution in [2.75, 3.05) is 6.54 Å². The molecule has 0 aliphatic heterocycles. The largest absolute Gasteiger partial charge is 0.389 e. The third-order valence-corrected chi connectivity index (χ3v) is 4.31. The van der Waals surface area contributed by atoms with Crippen LogP contribution in [0, 0.1) is 13.8 Å². The molecule has 1 aromatic heterocycles. The van der Waals surface area contributed by atoms with E-state index in [0.29, 0.717) is 6.54 Å². The molecule has 2 N–H and O–H groups in total. The Morgan fingerprint density at radius 3 is 2.35 bits per heavy atom. The van der Waals surface area contributed by atoms with Gasteiger partial charge in [-0.15, -0.1) is 11.3 Å². The number of aliphatic hydroxyl groups is 1. The molecule has 1 atom stereocenters. The molecule has 3 nitrogen and oxygen atoms in total. The molecule has 98 valence electrons. The summed E-state index contributed by atoms with van der Waals surface area (Å²) in [4.78, 5) is 5.80. The average Bonchev–Trinajstić information content (AvgIpc) is 2.65. The van der Waals surface area contributed by atoms with Gasteiger partial charge in [-0.25, -0.2) is 4.98 Å². The predicted octanol–water partition coefficient (Wildman–Crippen LogP) is 2.96. The molecule has 0 saturated carbocycles. The fraction of sp³-hybridized carbons (Fsp3) is 0.769. The number of hydrogen-bond donors (Lipinski definition) is 2. The minimum absolute atomic E-state index is 0.199. The lowest BCUT2D eigenvalue weighted by molar-refractivity contribution is 0.0302. The third kappa shape index (κ3) is 3.76. The first-order valence-electron chi connectivity index (χ1n) is 6.31. The van der Waals surface area contributed by atoms with Gasteiger partial charge in [0.25, 0.3) is 0 Å². The van der Waals surface area contributed by atoms with Crippen molar-refractivity contribution in [3.05, 3.63) is 15.6 Å². The Balaban J connectivity index is 2.61. The second-order valence-electron chi connectivity index (χ2n) is 4.71. The summed E-state index contributed by atoms with van der Waals surface area (Å²) in [7, 11) is 0. The first-order valence-corrected chi connectivity index (χ1v) is 7.13. The summed E-state index contributed by atoms with van der Waals surface area (Å²) >= 11 is 1.73. The SMILES string of the molecule is CCC(O)(CC)CNC(C)c1nc(C)sc1C. The minimum Gasteiger partial charge on any atom is -0.389 e. The van der Waals surface area contributed by atoms with E-state index in [1.807, 2.05) is 20.8 Å².